The highest BCUT2D eigenvalue weighted by molar-refractivity contribution is 7.92. The highest BCUT2D eigenvalue weighted by atomic mass is 32.2. The number of hydrogen-bond acceptors (Lipinski definition) is 4. The fourth-order valence-corrected chi connectivity index (χ4v) is 4.65. The van der Waals surface area contributed by atoms with E-state index < -0.39 is 10.0 Å². The Labute approximate surface area is 153 Å². The van der Waals surface area contributed by atoms with E-state index >= 15 is 0 Å². The van der Waals surface area contributed by atoms with Crippen LogP contribution in [0.25, 0.3) is 0 Å². The van der Waals surface area contributed by atoms with Gasteiger partial charge in [0, 0.05) is 12.2 Å². The number of amides is 1. The molecule has 1 saturated heterocycles. The van der Waals surface area contributed by atoms with Gasteiger partial charge < -0.3 is 10.1 Å². The van der Waals surface area contributed by atoms with Gasteiger partial charge in [-0.2, -0.15) is 0 Å². The van der Waals surface area contributed by atoms with Crippen molar-refractivity contribution in [3.05, 3.63) is 54.1 Å². The molecule has 1 aliphatic heterocycles. The predicted molar refractivity (Wildman–Crippen MR) is 102 cm³/mol. The summed E-state index contributed by atoms with van der Waals surface area (Å²) in [6.07, 6.45) is 1.71. The summed E-state index contributed by atoms with van der Waals surface area (Å²) in [6.45, 7) is 0.417. The van der Waals surface area contributed by atoms with Crippen LogP contribution in [0, 0.1) is 0 Å². The number of nitrogens with zero attached hydrogens (tertiary/aromatic N) is 1. The number of benzene rings is 2. The molecule has 0 aromatic heterocycles. The van der Waals surface area contributed by atoms with Gasteiger partial charge in [0.15, 0.2) is 0 Å². The van der Waals surface area contributed by atoms with Gasteiger partial charge in [-0.15, -0.1) is 0 Å². The summed E-state index contributed by atoms with van der Waals surface area (Å²) >= 11 is 0. The Kier molecular flexibility index (Phi) is 5.46. The van der Waals surface area contributed by atoms with Crippen molar-refractivity contribution in [1.82, 2.24) is 0 Å². The number of ether oxygens (including phenoxy) is 1. The molecule has 0 saturated carbocycles. The van der Waals surface area contributed by atoms with Crippen molar-refractivity contribution in [2.24, 2.45) is 0 Å². The summed E-state index contributed by atoms with van der Waals surface area (Å²) in [4.78, 5) is 12.3. The molecule has 1 fully saturated rings. The Hall–Kier alpha value is -2.54. The average Bonchev–Trinajstić information content (AvgIpc) is 2.62. The molecule has 1 N–H and O–H groups in total. The van der Waals surface area contributed by atoms with Crippen molar-refractivity contribution in [1.29, 1.82) is 0 Å². The van der Waals surface area contributed by atoms with Crippen molar-refractivity contribution in [2.45, 2.75) is 19.3 Å². The zero-order chi connectivity index (χ0) is 18.6. The van der Waals surface area contributed by atoms with Crippen molar-refractivity contribution in [3.63, 3.8) is 0 Å². The summed E-state index contributed by atoms with van der Waals surface area (Å²) in [6, 6.07) is 14.5. The number of carbonyl (C=O) groups excluding carboxylic acids is 1. The first-order valence-electron chi connectivity index (χ1n) is 8.52. The molecule has 0 spiro atoms. The van der Waals surface area contributed by atoms with E-state index in [2.05, 4.69) is 5.32 Å². The number of rotatable bonds is 5. The Bertz CT molecular complexity index is 882. The van der Waals surface area contributed by atoms with Crippen LogP contribution in [0.1, 0.15) is 18.4 Å². The minimum Gasteiger partial charge on any atom is -0.495 e. The van der Waals surface area contributed by atoms with Crippen molar-refractivity contribution < 1.29 is 17.9 Å². The van der Waals surface area contributed by atoms with Gasteiger partial charge in [-0.25, -0.2) is 8.42 Å². The minimum atomic E-state index is -3.36. The van der Waals surface area contributed by atoms with E-state index in [9.17, 15) is 13.2 Å². The molecule has 0 aliphatic carbocycles. The lowest BCUT2D eigenvalue weighted by molar-refractivity contribution is -0.115. The minimum absolute atomic E-state index is 0.126. The van der Waals surface area contributed by atoms with E-state index in [0.29, 0.717) is 30.1 Å². The molecular weight excluding hydrogens is 352 g/mol. The van der Waals surface area contributed by atoms with Crippen LogP contribution in [0.15, 0.2) is 48.5 Å². The second-order valence-electron chi connectivity index (χ2n) is 6.19. The summed E-state index contributed by atoms with van der Waals surface area (Å²) < 4.78 is 31.5. The molecule has 2 aromatic carbocycles. The molecule has 3 rings (SSSR count). The first kappa shape index (κ1) is 18.3. The second kappa shape index (κ2) is 7.78. The monoisotopic (exact) mass is 374 g/mol. The van der Waals surface area contributed by atoms with Crippen molar-refractivity contribution in [2.75, 3.05) is 29.0 Å². The summed E-state index contributed by atoms with van der Waals surface area (Å²) in [7, 11) is -1.86. The van der Waals surface area contributed by atoms with Gasteiger partial charge in [-0.1, -0.05) is 30.3 Å². The molecule has 1 heterocycles. The third-order valence-corrected chi connectivity index (χ3v) is 6.14. The number of carbonyl (C=O) groups is 1. The lowest BCUT2D eigenvalue weighted by atomic mass is 10.1. The molecule has 1 amide bonds. The van der Waals surface area contributed by atoms with Gasteiger partial charge in [-0.3, -0.25) is 9.10 Å². The molecule has 0 unspecified atom stereocenters. The smallest absolute Gasteiger partial charge is 0.235 e. The lowest BCUT2D eigenvalue weighted by Gasteiger charge is -2.29. The maximum atomic E-state index is 12.4. The van der Waals surface area contributed by atoms with E-state index in [1.807, 2.05) is 30.3 Å². The number of hydrogen-bond donors (Lipinski definition) is 1. The molecule has 138 valence electrons. The van der Waals surface area contributed by atoms with Crippen LogP contribution >= 0.6 is 0 Å². The van der Waals surface area contributed by atoms with E-state index in [4.69, 9.17) is 4.74 Å². The highest BCUT2D eigenvalue weighted by Gasteiger charge is 2.28. The van der Waals surface area contributed by atoms with Crippen LogP contribution in [-0.2, 0) is 21.2 Å². The molecule has 6 nitrogen and oxygen atoms in total. The third kappa shape index (κ3) is 4.16. The van der Waals surface area contributed by atoms with Gasteiger partial charge in [0.25, 0.3) is 0 Å². The van der Waals surface area contributed by atoms with Crippen LogP contribution in [-0.4, -0.2) is 33.7 Å². The molecule has 1 aliphatic rings. The molecule has 0 atom stereocenters. The largest absolute Gasteiger partial charge is 0.495 e. The second-order valence-corrected chi connectivity index (χ2v) is 8.21. The van der Waals surface area contributed by atoms with Gasteiger partial charge in [0.2, 0.25) is 15.9 Å². The molecule has 26 heavy (non-hydrogen) atoms. The molecule has 0 radical (unpaired) electrons. The van der Waals surface area contributed by atoms with Crippen molar-refractivity contribution in [3.8, 4) is 5.75 Å². The maximum absolute atomic E-state index is 12.4. The van der Waals surface area contributed by atoms with Crippen LogP contribution in [0.3, 0.4) is 0 Å². The van der Waals surface area contributed by atoms with E-state index in [0.717, 1.165) is 12.0 Å². The van der Waals surface area contributed by atoms with Crippen molar-refractivity contribution >= 4 is 27.3 Å². The lowest BCUT2D eigenvalue weighted by Crippen LogP contribution is -2.38. The van der Waals surface area contributed by atoms with Crippen LogP contribution in [0.5, 0.6) is 5.75 Å². The fraction of sp³-hybridized carbons (Fsp3) is 0.316. The van der Waals surface area contributed by atoms with E-state index in [1.54, 1.807) is 18.2 Å². The average molecular weight is 374 g/mol. The topological polar surface area (TPSA) is 75.7 Å². The number of nitrogens with one attached hydrogen (secondary N) is 1. The SMILES string of the molecule is COc1ccc(NC(=O)Cc2ccccc2)cc1N1CCCCS1(=O)=O. The molecule has 2 aromatic rings. The summed E-state index contributed by atoms with van der Waals surface area (Å²) in [5.41, 5.74) is 1.92. The van der Waals surface area contributed by atoms with Gasteiger partial charge in [0.05, 0.1) is 25.0 Å². The zero-order valence-corrected chi connectivity index (χ0v) is 15.5. The number of sulfonamides is 1. The first-order valence-corrected chi connectivity index (χ1v) is 10.1. The molecule has 0 bridgehead atoms. The normalized spacial score (nSPS) is 16.1. The number of methoxy groups -OCH3 is 1. The van der Waals surface area contributed by atoms with E-state index in [-0.39, 0.29) is 18.1 Å². The first-order chi connectivity index (χ1) is 12.5. The van der Waals surface area contributed by atoms with Crippen LogP contribution in [0.2, 0.25) is 0 Å². The van der Waals surface area contributed by atoms with Gasteiger partial charge in [0.1, 0.15) is 5.75 Å². The Morgan fingerprint density at radius 2 is 1.92 bits per heavy atom. The zero-order valence-electron chi connectivity index (χ0n) is 14.6. The Morgan fingerprint density at radius 1 is 1.15 bits per heavy atom. The molecular formula is C19H22N2O4S. The maximum Gasteiger partial charge on any atom is 0.235 e. The summed E-state index contributed by atoms with van der Waals surface area (Å²) in [5.74, 6) is 0.436. The third-order valence-electron chi connectivity index (χ3n) is 4.29. The standard InChI is InChI=1S/C19H22N2O4S/c1-25-18-10-9-16(20-19(22)13-15-7-3-2-4-8-15)14-17(18)21-11-5-6-12-26(21,23)24/h2-4,7-10,14H,5-6,11-13H2,1H3,(H,20,22). The van der Waals surface area contributed by atoms with Gasteiger partial charge >= 0.3 is 0 Å². The molecule has 7 heteroatoms. The Morgan fingerprint density at radius 3 is 2.62 bits per heavy atom. The van der Waals surface area contributed by atoms with Crippen LogP contribution < -0.4 is 14.4 Å². The van der Waals surface area contributed by atoms with Gasteiger partial charge in [-0.05, 0) is 36.6 Å². The Balaban J connectivity index is 1.82. The van der Waals surface area contributed by atoms with E-state index in [1.165, 1.54) is 11.4 Å². The summed E-state index contributed by atoms with van der Waals surface area (Å²) in [5, 5.41) is 2.83. The fourth-order valence-electron chi connectivity index (χ4n) is 3.01. The predicted octanol–water partition coefficient (Wildman–Crippen LogP) is 2.81. The quantitative estimate of drug-likeness (QED) is 0.873. The van der Waals surface area contributed by atoms with Crippen LogP contribution in [0.4, 0.5) is 11.4 Å². The highest BCUT2D eigenvalue weighted by Crippen LogP contribution is 2.35. The number of anilines is 2.